The lowest BCUT2D eigenvalue weighted by Crippen LogP contribution is -3.05. The Labute approximate surface area is 144 Å². The van der Waals surface area contributed by atoms with Gasteiger partial charge in [0, 0.05) is 18.9 Å². The van der Waals surface area contributed by atoms with Gasteiger partial charge in [0.2, 0.25) is 0 Å². The lowest BCUT2D eigenvalue weighted by atomic mass is 9.87. The van der Waals surface area contributed by atoms with Crippen molar-refractivity contribution in [1.82, 2.24) is 0 Å². The number of rotatable bonds is 5. The van der Waals surface area contributed by atoms with E-state index in [1.54, 1.807) is 6.08 Å². The molecule has 1 heterocycles. The maximum atomic E-state index is 12.8. The first-order valence-electron chi connectivity index (χ1n) is 8.01. The number of ketones is 1. The number of halogens is 1. The fourth-order valence-corrected chi connectivity index (χ4v) is 3.10. The fourth-order valence-electron chi connectivity index (χ4n) is 3.10. The molecule has 2 nitrogen and oxygen atoms in total. The summed E-state index contributed by atoms with van der Waals surface area (Å²) in [5.41, 5.74) is 2.11. The lowest BCUT2D eigenvalue weighted by molar-refractivity contribution is -0.832. The molecular weight excluding hydrogens is 306 g/mol. The van der Waals surface area contributed by atoms with Crippen LogP contribution < -0.4 is 17.3 Å². The van der Waals surface area contributed by atoms with E-state index in [1.807, 2.05) is 66.9 Å². The second kappa shape index (κ2) is 8.66. The van der Waals surface area contributed by atoms with Gasteiger partial charge in [-0.1, -0.05) is 60.7 Å². The van der Waals surface area contributed by atoms with Gasteiger partial charge in [-0.15, -0.1) is 0 Å². The molecule has 120 valence electrons. The maximum absolute atomic E-state index is 12.8. The SMILES string of the molecule is O=C(/C=C/[NH+]1CCCC1)C(c1ccccc1)c1ccccc1.[Cl-]. The van der Waals surface area contributed by atoms with Crippen LogP contribution in [0.15, 0.2) is 72.9 Å². The van der Waals surface area contributed by atoms with E-state index >= 15 is 0 Å². The Morgan fingerprint density at radius 1 is 0.870 bits per heavy atom. The molecule has 2 aromatic carbocycles. The van der Waals surface area contributed by atoms with Crippen LogP contribution >= 0.6 is 0 Å². The molecule has 1 fully saturated rings. The van der Waals surface area contributed by atoms with Crippen molar-refractivity contribution in [3.8, 4) is 0 Å². The maximum Gasteiger partial charge on any atom is 0.172 e. The van der Waals surface area contributed by atoms with Gasteiger partial charge in [-0.25, -0.2) is 0 Å². The van der Waals surface area contributed by atoms with Crippen molar-refractivity contribution in [3.05, 3.63) is 84.1 Å². The van der Waals surface area contributed by atoms with Crippen molar-refractivity contribution in [2.75, 3.05) is 13.1 Å². The highest BCUT2D eigenvalue weighted by atomic mass is 35.5. The van der Waals surface area contributed by atoms with Gasteiger partial charge in [-0.2, -0.15) is 0 Å². The van der Waals surface area contributed by atoms with Crippen molar-refractivity contribution in [2.45, 2.75) is 18.8 Å². The first-order chi connectivity index (χ1) is 10.8. The highest BCUT2D eigenvalue weighted by Crippen LogP contribution is 2.25. The third-order valence-corrected chi connectivity index (χ3v) is 4.28. The zero-order valence-electron chi connectivity index (χ0n) is 13.1. The van der Waals surface area contributed by atoms with Crippen LogP contribution in [0.25, 0.3) is 0 Å². The molecular formula is C20H22ClNO. The van der Waals surface area contributed by atoms with Crippen LogP contribution in [-0.4, -0.2) is 18.9 Å². The molecule has 1 aliphatic heterocycles. The Morgan fingerprint density at radius 3 is 1.83 bits per heavy atom. The predicted octanol–water partition coefficient (Wildman–Crippen LogP) is -0.416. The summed E-state index contributed by atoms with van der Waals surface area (Å²) in [5, 5.41) is 0. The van der Waals surface area contributed by atoms with E-state index in [2.05, 4.69) is 0 Å². The number of hydrogen-bond donors (Lipinski definition) is 1. The third-order valence-electron chi connectivity index (χ3n) is 4.28. The number of benzene rings is 2. The molecule has 0 atom stereocenters. The summed E-state index contributed by atoms with van der Waals surface area (Å²) in [5.74, 6) is -0.0440. The molecule has 0 saturated carbocycles. The number of quaternary nitrogens is 1. The highest BCUT2D eigenvalue weighted by Gasteiger charge is 2.21. The smallest absolute Gasteiger partial charge is 0.172 e. The van der Waals surface area contributed by atoms with Crippen LogP contribution in [-0.2, 0) is 4.79 Å². The summed E-state index contributed by atoms with van der Waals surface area (Å²) in [6.07, 6.45) is 6.35. The molecule has 0 unspecified atom stereocenters. The molecule has 0 spiro atoms. The summed E-state index contributed by atoms with van der Waals surface area (Å²) in [6.45, 7) is 2.29. The number of allylic oxidation sites excluding steroid dienone is 1. The monoisotopic (exact) mass is 327 g/mol. The minimum atomic E-state index is -0.208. The van der Waals surface area contributed by atoms with Crippen LogP contribution in [0.4, 0.5) is 0 Å². The zero-order valence-corrected chi connectivity index (χ0v) is 13.9. The van der Waals surface area contributed by atoms with Gasteiger partial charge in [0.05, 0.1) is 25.2 Å². The highest BCUT2D eigenvalue weighted by molar-refractivity contribution is 5.97. The molecule has 0 amide bonds. The summed E-state index contributed by atoms with van der Waals surface area (Å²) in [4.78, 5) is 14.2. The predicted molar refractivity (Wildman–Crippen MR) is 88.8 cm³/mol. The molecule has 0 radical (unpaired) electrons. The van der Waals surface area contributed by atoms with Crippen LogP contribution in [0.5, 0.6) is 0 Å². The van der Waals surface area contributed by atoms with E-state index in [0.717, 1.165) is 24.2 Å². The quantitative estimate of drug-likeness (QED) is 0.741. The summed E-state index contributed by atoms with van der Waals surface area (Å²) < 4.78 is 0. The zero-order chi connectivity index (χ0) is 15.2. The number of nitrogens with one attached hydrogen (secondary N) is 1. The average molecular weight is 328 g/mol. The van der Waals surface area contributed by atoms with Gasteiger partial charge in [0.25, 0.3) is 0 Å². The standard InChI is InChI=1S/C20H21NO.ClH/c22-19(13-16-21-14-7-8-15-21)20(17-9-3-1-4-10-17)18-11-5-2-6-12-18;/h1-6,9-13,16,20H,7-8,14-15H2;1H/b16-13+;. The number of carbonyl (C=O) groups is 1. The van der Waals surface area contributed by atoms with Gasteiger partial charge >= 0.3 is 0 Å². The summed E-state index contributed by atoms with van der Waals surface area (Å²) >= 11 is 0. The van der Waals surface area contributed by atoms with Crippen LogP contribution in [0.1, 0.15) is 29.9 Å². The van der Waals surface area contributed by atoms with E-state index in [-0.39, 0.29) is 24.1 Å². The van der Waals surface area contributed by atoms with Crippen LogP contribution in [0.3, 0.4) is 0 Å². The molecule has 0 aliphatic carbocycles. The minimum Gasteiger partial charge on any atom is -1.00 e. The van der Waals surface area contributed by atoms with Crippen LogP contribution in [0, 0.1) is 0 Å². The van der Waals surface area contributed by atoms with Crippen molar-refractivity contribution >= 4 is 5.78 Å². The molecule has 0 bridgehead atoms. The number of likely N-dealkylation sites (tertiary alicyclic amines) is 1. The molecule has 3 rings (SSSR count). The molecule has 3 heteroatoms. The Morgan fingerprint density at radius 2 is 1.35 bits per heavy atom. The average Bonchev–Trinajstić information content (AvgIpc) is 3.09. The minimum absolute atomic E-state index is 0. The molecule has 1 aliphatic rings. The number of carbonyl (C=O) groups excluding carboxylic acids is 1. The van der Waals surface area contributed by atoms with E-state index in [0.29, 0.717) is 0 Å². The normalized spacial score (nSPS) is 15.0. The third kappa shape index (κ3) is 4.54. The Balaban J connectivity index is 0.00000192. The molecule has 1 saturated heterocycles. The van der Waals surface area contributed by atoms with Gasteiger partial charge in [0.1, 0.15) is 0 Å². The van der Waals surface area contributed by atoms with Crippen molar-refractivity contribution < 1.29 is 22.1 Å². The van der Waals surface area contributed by atoms with E-state index in [4.69, 9.17) is 0 Å². The van der Waals surface area contributed by atoms with Gasteiger partial charge < -0.3 is 17.3 Å². The van der Waals surface area contributed by atoms with Gasteiger partial charge in [-0.3, -0.25) is 4.79 Å². The molecule has 23 heavy (non-hydrogen) atoms. The molecule has 1 N–H and O–H groups in total. The largest absolute Gasteiger partial charge is 1.00 e. The van der Waals surface area contributed by atoms with E-state index in [9.17, 15) is 4.79 Å². The first-order valence-corrected chi connectivity index (χ1v) is 8.01. The second-order valence-electron chi connectivity index (χ2n) is 5.86. The Hall–Kier alpha value is -1.90. The number of hydrogen-bond acceptors (Lipinski definition) is 1. The van der Waals surface area contributed by atoms with Crippen molar-refractivity contribution in [2.24, 2.45) is 0 Å². The Kier molecular flexibility index (Phi) is 6.57. The lowest BCUT2D eigenvalue weighted by Gasteiger charge is -2.15. The summed E-state index contributed by atoms with van der Waals surface area (Å²) in [6, 6.07) is 20.1. The van der Waals surface area contributed by atoms with Gasteiger partial charge in [0.15, 0.2) is 5.78 Å². The first kappa shape index (κ1) is 17.5. The van der Waals surface area contributed by atoms with E-state index < -0.39 is 0 Å². The van der Waals surface area contributed by atoms with Crippen molar-refractivity contribution in [3.63, 3.8) is 0 Å². The fraction of sp³-hybridized carbons (Fsp3) is 0.250. The molecule has 0 aromatic heterocycles. The molecule has 2 aromatic rings. The van der Waals surface area contributed by atoms with Crippen LogP contribution in [0.2, 0.25) is 0 Å². The van der Waals surface area contributed by atoms with Gasteiger partial charge in [-0.05, 0) is 11.1 Å². The van der Waals surface area contributed by atoms with E-state index in [1.165, 1.54) is 17.7 Å². The second-order valence-corrected chi connectivity index (χ2v) is 5.86. The van der Waals surface area contributed by atoms with Crippen molar-refractivity contribution in [1.29, 1.82) is 0 Å². The Bertz CT molecular complexity index is 594. The topological polar surface area (TPSA) is 21.5 Å². The summed E-state index contributed by atoms with van der Waals surface area (Å²) in [7, 11) is 0.